The molecule has 1 unspecified atom stereocenters. The molecule has 2 saturated heterocycles. The Morgan fingerprint density at radius 1 is 1.03 bits per heavy atom. The molecule has 0 bridgehead atoms. The van der Waals surface area contributed by atoms with Crippen LogP contribution < -0.4 is 0 Å². The number of rotatable bonds is 9. The zero-order valence-corrected chi connectivity index (χ0v) is 18.2. The molecule has 8 atom stereocenters. The Morgan fingerprint density at radius 2 is 1.71 bits per heavy atom. The largest absolute Gasteiger partial charge is 0.394 e. The molecule has 10 heteroatoms. The van der Waals surface area contributed by atoms with E-state index in [1.54, 1.807) is 6.08 Å². The van der Waals surface area contributed by atoms with E-state index in [-0.39, 0.29) is 6.61 Å². The molecule has 0 aromatic rings. The van der Waals surface area contributed by atoms with E-state index in [9.17, 15) is 35.7 Å². The number of hydrogen-bond acceptors (Lipinski definition) is 10. The van der Waals surface area contributed by atoms with Gasteiger partial charge in [0.15, 0.2) is 0 Å². The molecule has 2 heterocycles. The van der Waals surface area contributed by atoms with Crippen molar-refractivity contribution in [1.29, 1.82) is 0 Å². The summed E-state index contributed by atoms with van der Waals surface area (Å²) < 4.78 is 16.9. The Labute approximate surface area is 182 Å². The first-order chi connectivity index (χ1) is 14.5. The van der Waals surface area contributed by atoms with Crippen molar-refractivity contribution in [3.63, 3.8) is 0 Å². The third-order valence-corrected chi connectivity index (χ3v) is 5.83. The second-order valence-corrected chi connectivity index (χ2v) is 8.61. The number of ether oxygens (including phenoxy) is 3. The Bertz CT molecular complexity index is 646. The average molecular weight is 449 g/mol. The van der Waals surface area contributed by atoms with Gasteiger partial charge in [-0.1, -0.05) is 23.3 Å². The fraction of sp³-hybridized carbons (Fsp3) is 0.810. The zero-order valence-electron chi connectivity index (χ0n) is 18.2. The van der Waals surface area contributed by atoms with E-state index in [1.165, 1.54) is 5.57 Å². The summed E-state index contributed by atoms with van der Waals surface area (Å²) in [7, 11) is 0. The van der Waals surface area contributed by atoms with Gasteiger partial charge in [-0.25, -0.2) is 0 Å². The molecule has 2 fully saturated rings. The van der Waals surface area contributed by atoms with Crippen LogP contribution in [0.4, 0.5) is 0 Å². The van der Waals surface area contributed by atoms with Gasteiger partial charge in [-0.3, -0.25) is 0 Å². The molecule has 31 heavy (non-hydrogen) atoms. The Balaban J connectivity index is 2.28. The number of aliphatic hydroxyl groups excluding tert-OH is 6. The number of allylic oxidation sites excluding steroid dienone is 3. The Kier molecular flexibility index (Phi) is 9.17. The molecule has 0 aliphatic carbocycles. The SMILES string of the molecule is CC(C)=CCC/C(C)=C/CO[C@]1([C@H]2OCC(O)(CO)[C@H]2O)O[C@H](CO)[C@@H](O)[C@H](O)[C@H]1O. The second-order valence-electron chi connectivity index (χ2n) is 8.61. The van der Waals surface area contributed by atoms with Gasteiger partial charge in [0.05, 0.1) is 26.4 Å². The summed E-state index contributed by atoms with van der Waals surface area (Å²) in [6, 6.07) is 0. The van der Waals surface area contributed by atoms with Crippen LogP contribution in [0.5, 0.6) is 0 Å². The van der Waals surface area contributed by atoms with Crippen molar-refractivity contribution < 1.29 is 50.0 Å². The molecule has 180 valence electrons. The summed E-state index contributed by atoms with van der Waals surface area (Å²) in [6.45, 7) is 3.79. The van der Waals surface area contributed by atoms with Crippen molar-refractivity contribution in [2.45, 2.75) is 81.6 Å². The maximum Gasteiger partial charge on any atom is 0.227 e. The molecule has 7 N–H and O–H groups in total. The molecular weight excluding hydrogens is 412 g/mol. The first-order valence-electron chi connectivity index (χ1n) is 10.4. The van der Waals surface area contributed by atoms with Crippen LogP contribution >= 0.6 is 0 Å². The van der Waals surface area contributed by atoms with Gasteiger partial charge < -0.3 is 50.0 Å². The highest BCUT2D eigenvalue weighted by molar-refractivity contribution is 5.10. The summed E-state index contributed by atoms with van der Waals surface area (Å²) in [4.78, 5) is 0. The fourth-order valence-electron chi connectivity index (χ4n) is 3.78. The topological polar surface area (TPSA) is 169 Å². The predicted molar refractivity (Wildman–Crippen MR) is 109 cm³/mol. The minimum atomic E-state index is -2.22. The second kappa shape index (κ2) is 10.8. The van der Waals surface area contributed by atoms with Crippen LogP contribution in [0.2, 0.25) is 0 Å². The van der Waals surface area contributed by atoms with Crippen LogP contribution in [0.15, 0.2) is 23.3 Å². The molecule has 2 aliphatic rings. The van der Waals surface area contributed by atoms with Gasteiger partial charge in [0.1, 0.15) is 42.2 Å². The lowest BCUT2D eigenvalue weighted by atomic mass is 9.84. The highest BCUT2D eigenvalue weighted by atomic mass is 16.7. The summed E-state index contributed by atoms with van der Waals surface area (Å²) in [5.74, 6) is -2.22. The van der Waals surface area contributed by atoms with Crippen LogP contribution in [-0.2, 0) is 14.2 Å². The van der Waals surface area contributed by atoms with Gasteiger partial charge >= 0.3 is 0 Å². The van der Waals surface area contributed by atoms with Crippen molar-refractivity contribution in [1.82, 2.24) is 0 Å². The Morgan fingerprint density at radius 3 is 2.26 bits per heavy atom. The zero-order chi connectivity index (χ0) is 23.4. The van der Waals surface area contributed by atoms with E-state index in [1.807, 2.05) is 20.8 Å². The van der Waals surface area contributed by atoms with Crippen molar-refractivity contribution >= 4 is 0 Å². The molecular formula is C21H36O10. The molecule has 0 radical (unpaired) electrons. The van der Waals surface area contributed by atoms with Crippen LogP contribution in [0, 0.1) is 0 Å². The summed E-state index contributed by atoms with van der Waals surface area (Å²) in [5, 5.41) is 71.2. The van der Waals surface area contributed by atoms with Gasteiger partial charge in [-0.05, 0) is 33.6 Å². The van der Waals surface area contributed by atoms with Crippen LogP contribution in [0.1, 0.15) is 33.6 Å². The van der Waals surface area contributed by atoms with Crippen LogP contribution in [0.25, 0.3) is 0 Å². The van der Waals surface area contributed by atoms with Gasteiger partial charge in [0.2, 0.25) is 5.79 Å². The first kappa shape index (κ1) is 26.3. The summed E-state index contributed by atoms with van der Waals surface area (Å²) >= 11 is 0. The van der Waals surface area contributed by atoms with E-state index < -0.39 is 67.8 Å². The van der Waals surface area contributed by atoms with E-state index in [4.69, 9.17) is 14.2 Å². The number of hydrogen-bond donors (Lipinski definition) is 7. The standard InChI is InChI=1S/C21H36O10/c1-12(2)5-4-6-13(3)7-8-30-21(19-18(27)20(28,10-23)11-29-19)17(26)16(25)15(24)14(9-22)31-21/h5,7,14-19,22-28H,4,6,8-11H2,1-3H3/b13-7+/t14-,15-,16+,17-,18+,19+,20?,21+/m1/s1. The van der Waals surface area contributed by atoms with Gasteiger partial charge in [0.25, 0.3) is 0 Å². The molecule has 0 aromatic heterocycles. The highest BCUT2D eigenvalue weighted by Crippen LogP contribution is 2.41. The Hall–Kier alpha value is -0.920. The van der Waals surface area contributed by atoms with Crippen molar-refractivity contribution in [3.05, 3.63) is 23.3 Å². The smallest absolute Gasteiger partial charge is 0.227 e. The monoisotopic (exact) mass is 448 g/mol. The molecule has 2 aliphatic heterocycles. The maximum absolute atomic E-state index is 10.8. The molecule has 0 spiro atoms. The molecule has 10 nitrogen and oxygen atoms in total. The molecule has 0 aromatic carbocycles. The predicted octanol–water partition coefficient (Wildman–Crippen LogP) is -1.65. The van der Waals surface area contributed by atoms with E-state index in [0.29, 0.717) is 0 Å². The third kappa shape index (κ3) is 5.53. The lowest BCUT2D eigenvalue weighted by Crippen LogP contribution is -2.72. The average Bonchev–Trinajstić information content (AvgIpc) is 3.03. The lowest BCUT2D eigenvalue weighted by molar-refractivity contribution is -0.393. The quantitative estimate of drug-likeness (QED) is 0.203. The van der Waals surface area contributed by atoms with Gasteiger partial charge in [0, 0.05) is 0 Å². The van der Waals surface area contributed by atoms with E-state index >= 15 is 0 Å². The van der Waals surface area contributed by atoms with Crippen LogP contribution in [-0.4, -0.2) is 110 Å². The maximum atomic E-state index is 10.8. The molecule has 0 saturated carbocycles. The molecule has 0 amide bonds. The summed E-state index contributed by atoms with van der Waals surface area (Å²) in [5.41, 5.74) is 0.153. The number of aliphatic hydroxyl groups is 7. The van der Waals surface area contributed by atoms with Gasteiger partial charge in [-0.2, -0.15) is 0 Å². The fourth-order valence-corrected chi connectivity index (χ4v) is 3.78. The van der Waals surface area contributed by atoms with Crippen molar-refractivity contribution in [2.75, 3.05) is 26.4 Å². The van der Waals surface area contributed by atoms with Crippen molar-refractivity contribution in [2.24, 2.45) is 0 Å². The first-order valence-corrected chi connectivity index (χ1v) is 10.4. The highest BCUT2D eigenvalue weighted by Gasteiger charge is 2.65. The minimum absolute atomic E-state index is 0.108. The lowest BCUT2D eigenvalue weighted by Gasteiger charge is -2.50. The van der Waals surface area contributed by atoms with E-state index in [2.05, 4.69) is 6.08 Å². The normalized spacial score (nSPS) is 41.4. The van der Waals surface area contributed by atoms with E-state index in [0.717, 1.165) is 18.4 Å². The summed E-state index contributed by atoms with van der Waals surface area (Å²) in [6.07, 6.45) is -4.46. The van der Waals surface area contributed by atoms with Crippen molar-refractivity contribution in [3.8, 4) is 0 Å². The van der Waals surface area contributed by atoms with Crippen LogP contribution in [0.3, 0.4) is 0 Å². The molecule has 2 rings (SSSR count). The minimum Gasteiger partial charge on any atom is -0.394 e. The third-order valence-electron chi connectivity index (χ3n) is 5.83. The van der Waals surface area contributed by atoms with Gasteiger partial charge in [-0.15, -0.1) is 0 Å².